The normalized spacial score (nSPS) is 18.0. The van der Waals surface area contributed by atoms with E-state index in [2.05, 4.69) is 10.0 Å². The third kappa shape index (κ3) is 6.27. The van der Waals surface area contributed by atoms with Crippen molar-refractivity contribution in [1.82, 2.24) is 10.0 Å². The first-order valence-electron chi connectivity index (χ1n) is 9.48. The molecule has 1 saturated carbocycles. The van der Waals surface area contributed by atoms with Crippen molar-refractivity contribution in [2.75, 3.05) is 0 Å². The van der Waals surface area contributed by atoms with Crippen LogP contribution in [-0.4, -0.2) is 38.5 Å². The zero-order chi connectivity index (χ0) is 20.7. The summed E-state index contributed by atoms with van der Waals surface area (Å²) in [5.41, 5.74) is 0. The van der Waals surface area contributed by atoms with E-state index in [0.717, 1.165) is 50.7 Å². The van der Waals surface area contributed by atoms with E-state index in [4.69, 9.17) is 4.74 Å². The molecule has 0 aliphatic heterocycles. The van der Waals surface area contributed by atoms with Crippen LogP contribution in [-0.2, 0) is 24.3 Å². The molecule has 1 aliphatic carbocycles. The molecule has 2 N–H and O–H groups in total. The van der Waals surface area contributed by atoms with Gasteiger partial charge in [-0.1, -0.05) is 37.8 Å². The molecule has 7 nitrogen and oxygen atoms in total. The summed E-state index contributed by atoms with van der Waals surface area (Å²) in [7, 11) is -4.24. The molecule has 0 heterocycles. The zero-order valence-corrected chi connectivity index (χ0v) is 16.9. The number of amides is 1. The number of nitrogens with one attached hydrogen (secondary N) is 2. The van der Waals surface area contributed by atoms with Crippen LogP contribution in [0.3, 0.4) is 0 Å². The van der Waals surface area contributed by atoms with Crippen LogP contribution < -0.4 is 10.0 Å². The second kappa shape index (κ2) is 9.97. The zero-order valence-electron chi connectivity index (χ0n) is 16.1. The lowest BCUT2D eigenvalue weighted by molar-refractivity contribution is -0.156. The highest BCUT2D eigenvalue weighted by atomic mass is 32.2. The van der Waals surface area contributed by atoms with Crippen LogP contribution in [0, 0.1) is 5.82 Å². The van der Waals surface area contributed by atoms with Gasteiger partial charge in [-0.2, -0.15) is 4.72 Å². The Balaban J connectivity index is 1.90. The van der Waals surface area contributed by atoms with Gasteiger partial charge in [0.05, 0.1) is 0 Å². The third-order valence-corrected chi connectivity index (χ3v) is 6.25. The minimum atomic E-state index is -4.24. The summed E-state index contributed by atoms with van der Waals surface area (Å²) in [6, 6.07) is 3.63. The van der Waals surface area contributed by atoms with E-state index >= 15 is 0 Å². The molecule has 156 valence electrons. The van der Waals surface area contributed by atoms with Crippen molar-refractivity contribution in [2.45, 2.75) is 75.5 Å². The Morgan fingerprint density at radius 1 is 1.11 bits per heavy atom. The Morgan fingerprint density at radius 2 is 1.71 bits per heavy atom. The highest BCUT2D eigenvalue weighted by Gasteiger charge is 2.28. The molecule has 1 aliphatic rings. The smallest absolute Gasteiger partial charge is 0.324 e. The molecule has 0 saturated heterocycles. The largest absolute Gasteiger partial charge is 0.451 e. The van der Waals surface area contributed by atoms with Crippen molar-refractivity contribution in [2.24, 2.45) is 0 Å². The van der Waals surface area contributed by atoms with Gasteiger partial charge in [0.2, 0.25) is 10.0 Å². The molecule has 0 unspecified atom stereocenters. The Bertz CT molecular complexity index is 791. The Morgan fingerprint density at radius 3 is 2.32 bits per heavy atom. The molecule has 2 atom stereocenters. The SMILES string of the molecule is C[C@H](NS(=O)(=O)c1ccccc1F)C(=O)O[C@H](C)C(=O)NC1CCCCCC1. The van der Waals surface area contributed by atoms with Crippen molar-refractivity contribution in [3.05, 3.63) is 30.1 Å². The standard InChI is InChI=1S/C19H27FN2O5S/c1-13(22-28(25,26)17-12-8-7-11-16(17)20)19(24)27-14(2)18(23)21-15-9-5-3-4-6-10-15/h7-8,11-15,22H,3-6,9-10H2,1-2H3,(H,21,23)/t13-,14+/m0/s1. The molecule has 1 aromatic rings. The molecule has 0 aromatic heterocycles. The van der Waals surface area contributed by atoms with Crippen molar-refractivity contribution >= 4 is 21.9 Å². The van der Waals surface area contributed by atoms with Crippen LogP contribution in [0.5, 0.6) is 0 Å². The fourth-order valence-electron chi connectivity index (χ4n) is 3.08. The molecule has 1 amide bonds. The first-order valence-corrected chi connectivity index (χ1v) is 11.0. The van der Waals surface area contributed by atoms with E-state index < -0.39 is 44.8 Å². The van der Waals surface area contributed by atoms with Gasteiger partial charge in [0.15, 0.2) is 6.10 Å². The van der Waals surface area contributed by atoms with E-state index in [9.17, 15) is 22.4 Å². The quantitative estimate of drug-likeness (QED) is 0.526. The first-order chi connectivity index (χ1) is 13.2. The Hall–Kier alpha value is -2.00. The summed E-state index contributed by atoms with van der Waals surface area (Å²) < 4.78 is 45.4. The van der Waals surface area contributed by atoms with Crippen molar-refractivity contribution in [1.29, 1.82) is 0 Å². The van der Waals surface area contributed by atoms with E-state index in [0.29, 0.717) is 0 Å². The minimum absolute atomic E-state index is 0.0631. The van der Waals surface area contributed by atoms with Crippen LogP contribution in [0.1, 0.15) is 52.4 Å². The molecule has 2 rings (SSSR count). The van der Waals surface area contributed by atoms with Gasteiger partial charge in [0.25, 0.3) is 5.91 Å². The van der Waals surface area contributed by atoms with E-state index in [1.54, 1.807) is 0 Å². The molecule has 0 spiro atoms. The number of halogens is 1. The molecule has 0 bridgehead atoms. The Kier molecular flexibility index (Phi) is 7.94. The number of ether oxygens (including phenoxy) is 1. The number of rotatable bonds is 7. The van der Waals surface area contributed by atoms with Crippen molar-refractivity contribution < 1.29 is 27.1 Å². The third-order valence-electron chi connectivity index (χ3n) is 4.68. The summed E-state index contributed by atoms with van der Waals surface area (Å²) in [6.45, 7) is 2.71. The second-order valence-electron chi connectivity index (χ2n) is 7.05. The maximum Gasteiger partial charge on any atom is 0.324 e. The number of benzene rings is 1. The van der Waals surface area contributed by atoms with Crippen LogP contribution in [0.2, 0.25) is 0 Å². The van der Waals surface area contributed by atoms with Gasteiger partial charge in [-0.05, 0) is 38.8 Å². The van der Waals surface area contributed by atoms with Crippen LogP contribution in [0.25, 0.3) is 0 Å². The van der Waals surface area contributed by atoms with Gasteiger partial charge in [-0.15, -0.1) is 0 Å². The Labute approximate surface area is 165 Å². The summed E-state index contributed by atoms with van der Waals surface area (Å²) in [6.07, 6.45) is 5.13. The average molecular weight is 414 g/mol. The fourth-order valence-corrected chi connectivity index (χ4v) is 4.35. The van der Waals surface area contributed by atoms with Gasteiger partial charge in [-0.25, -0.2) is 12.8 Å². The lowest BCUT2D eigenvalue weighted by Crippen LogP contribution is -2.45. The maximum atomic E-state index is 13.7. The van der Waals surface area contributed by atoms with Gasteiger partial charge in [-0.3, -0.25) is 9.59 Å². The monoisotopic (exact) mass is 414 g/mol. The second-order valence-corrected chi connectivity index (χ2v) is 8.73. The van der Waals surface area contributed by atoms with Gasteiger partial charge < -0.3 is 10.1 Å². The minimum Gasteiger partial charge on any atom is -0.451 e. The molecule has 0 radical (unpaired) electrons. The number of carbonyl (C=O) groups is 2. The molecule has 1 fully saturated rings. The highest BCUT2D eigenvalue weighted by molar-refractivity contribution is 7.89. The number of esters is 1. The molecule has 28 heavy (non-hydrogen) atoms. The molecular formula is C19H27FN2O5S. The van der Waals surface area contributed by atoms with E-state index in [1.807, 2.05) is 0 Å². The van der Waals surface area contributed by atoms with Crippen LogP contribution in [0.4, 0.5) is 4.39 Å². The summed E-state index contributed by atoms with van der Waals surface area (Å²) >= 11 is 0. The molecule has 1 aromatic carbocycles. The van der Waals surface area contributed by atoms with Crippen molar-refractivity contribution in [3.8, 4) is 0 Å². The van der Waals surface area contributed by atoms with Gasteiger partial charge in [0.1, 0.15) is 16.8 Å². The first kappa shape index (κ1) is 22.3. The fraction of sp³-hybridized carbons (Fsp3) is 0.579. The highest BCUT2D eigenvalue weighted by Crippen LogP contribution is 2.17. The summed E-state index contributed by atoms with van der Waals surface area (Å²) in [5, 5.41) is 2.88. The van der Waals surface area contributed by atoms with E-state index in [1.165, 1.54) is 26.0 Å². The molecular weight excluding hydrogens is 387 g/mol. The van der Waals surface area contributed by atoms with Crippen LogP contribution >= 0.6 is 0 Å². The number of carbonyl (C=O) groups excluding carboxylic acids is 2. The number of sulfonamides is 1. The summed E-state index contributed by atoms with van der Waals surface area (Å²) in [4.78, 5) is 23.9. The maximum absolute atomic E-state index is 13.7. The van der Waals surface area contributed by atoms with Gasteiger partial charge >= 0.3 is 5.97 Å². The van der Waals surface area contributed by atoms with Gasteiger partial charge in [0, 0.05) is 6.04 Å². The lowest BCUT2D eigenvalue weighted by Gasteiger charge is -2.21. The predicted octanol–water partition coefficient (Wildman–Crippen LogP) is 2.26. The van der Waals surface area contributed by atoms with Crippen molar-refractivity contribution in [3.63, 3.8) is 0 Å². The van der Waals surface area contributed by atoms with E-state index in [-0.39, 0.29) is 6.04 Å². The lowest BCUT2D eigenvalue weighted by atomic mass is 10.1. The number of hydrogen-bond donors (Lipinski definition) is 2. The van der Waals surface area contributed by atoms with Crippen LogP contribution in [0.15, 0.2) is 29.2 Å². The molecule has 9 heteroatoms. The summed E-state index contributed by atoms with van der Waals surface area (Å²) in [5.74, 6) is -2.25. The topological polar surface area (TPSA) is 102 Å². The predicted molar refractivity (Wildman–Crippen MR) is 101 cm³/mol. The number of hydrogen-bond acceptors (Lipinski definition) is 5. The average Bonchev–Trinajstić information content (AvgIpc) is 2.90.